The molecule has 0 aromatic heterocycles. The third-order valence-corrected chi connectivity index (χ3v) is 5.63. The lowest BCUT2D eigenvalue weighted by atomic mass is 9.75. The van der Waals surface area contributed by atoms with Crippen LogP contribution in [0.25, 0.3) is 11.1 Å². The summed E-state index contributed by atoms with van der Waals surface area (Å²) in [6.45, 7) is 0. The van der Waals surface area contributed by atoms with E-state index in [0.29, 0.717) is 0 Å². The molecule has 0 fully saturated rings. The van der Waals surface area contributed by atoms with Gasteiger partial charge in [0, 0.05) is 0 Å². The van der Waals surface area contributed by atoms with Crippen LogP contribution in [0, 0.1) is 0 Å². The van der Waals surface area contributed by atoms with E-state index in [0.717, 1.165) is 27.8 Å². The first-order valence-electron chi connectivity index (χ1n) is 9.73. The molecule has 0 radical (unpaired) electrons. The standard InChI is InChI=1S/C25H22NO4P/c26-25(20-12-6-2-7-13-20,21-14-8-3-9-15-21)24-17-16-22(30-31(27,28)29)18-23(24)19-10-4-1-5-11-19/h1-18H,26H2,(H2,27,28,29). The van der Waals surface area contributed by atoms with Crippen molar-refractivity contribution in [2.24, 2.45) is 5.73 Å². The molecule has 0 heterocycles. The average molecular weight is 431 g/mol. The number of hydrogen-bond acceptors (Lipinski definition) is 3. The topological polar surface area (TPSA) is 92.8 Å². The van der Waals surface area contributed by atoms with E-state index in [9.17, 15) is 14.4 Å². The highest BCUT2D eigenvalue weighted by Crippen LogP contribution is 2.44. The molecule has 0 aliphatic carbocycles. The second-order valence-corrected chi connectivity index (χ2v) is 8.36. The van der Waals surface area contributed by atoms with Crippen LogP contribution in [0.15, 0.2) is 109 Å². The molecule has 4 N–H and O–H groups in total. The van der Waals surface area contributed by atoms with E-state index in [2.05, 4.69) is 0 Å². The van der Waals surface area contributed by atoms with Crippen LogP contribution in [0.4, 0.5) is 0 Å². The van der Waals surface area contributed by atoms with Gasteiger partial charge in [0.2, 0.25) is 0 Å². The summed E-state index contributed by atoms with van der Waals surface area (Å²) in [6, 6.07) is 34.0. The van der Waals surface area contributed by atoms with E-state index < -0.39 is 13.4 Å². The van der Waals surface area contributed by atoms with E-state index >= 15 is 0 Å². The van der Waals surface area contributed by atoms with Gasteiger partial charge in [-0.1, -0.05) is 97.1 Å². The minimum atomic E-state index is -4.70. The lowest BCUT2D eigenvalue weighted by Crippen LogP contribution is -2.39. The number of hydrogen-bond donors (Lipinski definition) is 3. The maximum Gasteiger partial charge on any atom is 0.524 e. The van der Waals surface area contributed by atoms with Gasteiger partial charge in [-0.25, -0.2) is 4.57 Å². The number of phosphoric ester groups is 1. The van der Waals surface area contributed by atoms with Gasteiger partial charge in [-0.15, -0.1) is 0 Å². The Labute approximate surface area is 181 Å². The Morgan fingerprint density at radius 1 is 0.710 bits per heavy atom. The molecule has 0 atom stereocenters. The Hall–Kier alpha value is -3.21. The van der Waals surface area contributed by atoms with Gasteiger partial charge >= 0.3 is 7.82 Å². The second-order valence-electron chi connectivity index (χ2n) is 7.20. The average Bonchev–Trinajstić information content (AvgIpc) is 2.79. The van der Waals surface area contributed by atoms with Gasteiger partial charge in [0.1, 0.15) is 5.75 Å². The van der Waals surface area contributed by atoms with Crippen LogP contribution < -0.4 is 10.3 Å². The summed E-state index contributed by atoms with van der Waals surface area (Å²) in [4.78, 5) is 18.6. The number of nitrogens with two attached hydrogens (primary N) is 1. The Balaban J connectivity index is 2.00. The molecule has 5 nitrogen and oxygen atoms in total. The highest BCUT2D eigenvalue weighted by Gasteiger charge is 2.34. The zero-order valence-electron chi connectivity index (χ0n) is 16.6. The van der Waals surface area contributed by atoms with E-state index in [1.165, 1.54) is 6.07 Å². The molecule has 0 bridgehead atoms. The lowest BCUT2D eigenvalue weighted by molar-refractivity contribution is 0.283. The Bertz CT molecular complexity index is 1170. The van der Waals surface area contributed by atoms with Crippen LogP contribution in [0.1, 0.15) is 16.7 Å². The van der Waals surface area contributed by atoms with Gasteiger partial charge in [0.15, 0.2) is 0 Å². The number of phosphoric acid groups is 1. The van der Waals surface area contributed by atoms with Gasteiger partial charge in [-0.3, -0.25) is 9.79 Å². The molecule has 0 saturated carbocycles. The molecular formula is C25H22NO4P. The molecule has 0 spiro atoms. The Kier molecular flexibility index (Phi) is 5.77. The van der Waals surface area contributed by atoms with Crippen molar-refractivity contribution in [3.05, 3.63) is 126 Å². The van der Waals surface area contributed by atoms with Crippen LogP contribution in [0.5, 0.6) is 5.75 Å². The summed E-state index contributed by atoms with van der Waals surface area (Å²) in [7, 11) is -4.70. The minimum absolute atomic E-state index is 0.0689. The van der Waals surface area contributed by atoms with Gasteiger partial charge < -0.3 is 10.3 Å². The van der Waals surface area contributed by atoms with Crippen LogP contribution in [-0.4, -0.2) is 9.79 Å². The predicted octanol–water partition coefficient (Wildman–Crippen LogP) is 5.08. The fourth-order valence-electron chi connectivity index (χ4n) is 3.80. The third kappa shape index (κ3) is 4.46. The smallest absolute Gasteiger partial charge is 0.404 e. The normalized spacial score (nSPS) is 11.8. The third-order valence-electron chi connectivity index (χ3n) is 5.18. The fourth-order valence-corrected chi connectivity index (χ4v) is 4.19. The first kappa shape index (κ1) is 21.0. The SMILES string of the molecule is NC(c1ccccc1)(c1ccccc1)c1ccc(OP(=O)(O)O)cc1-c1ccccc1. The predicted molar refractivity (Wildman–Crippen MR) is 122 cm³/mol. The van der Waals surface area contributed by atoms with Crippen LogP contribution >= 0.6 is 7.82 Å². The van der Waals surface area contributed by atoms with Gasteiger partial charge in [0.25, 0.3) is 0 Å². The second kappa shape index (κ2) is 8.50. The summed E-state index contributed by atoms with van der Waals surface area (Å²) in [5, 5.41) is 0. The summed E-state index contributed by atoms with van der Waals surface area (Å²) < 4.78 is 16.3. The van der Waals surface area contributed by atoms with E-state index in [4.69, 9.17) is 10.3 Å². The summed E-state index contributed by atoms with van der Waals surface area (Å²) in [5.41, 5.74) is 10.3. The maximum atomic E-state index is 11.4. The van der Waals surface area contributed by atoms with E-state index in [-0.39, 0.29) is 5.75 Å². The molecule has 31 heavy (non-hydrogen) atoms. The quantitative estimate of drug-likeness (QED) is 0.293. The summed E-state index contributed by atoms with van der Waals surface area (Å²) >= 11 is 0. The molecule has 0 amide bonds. The highest BCUT2D eigenvalue weighted by atomic mass is 31.2. The number of benzene rings is 4. The van der Waals surface area contributed by atoms with E-state index in [1.807, 2.05) is 91.0 Å². The number of rotatable bonds is 6. The van der Waals surface area contributed by atoms with Crippen molar-refractivity contribution in [1.82, 2.24) is 0 Å². The highest BCUT2D eigenvalue weighted by molar-refractivity contribution is 7.46. The van der Waals surface area contributed by atoms with Crippen LogP contribution in [0.2, 0.25) is 0 Å². The van der Waals surface area contributed by atoms with Crippen molar-refractivity contribution in [1.29, 1.82) is 0 Å². The molecule has 156 valence electrons. The first-order valence-corrected chi connectivity index (χ1v) is 11.3. The van der Waals surface area contributed by atoms with Crippen molar-refractivity contribution in [3.8, 4) is 16.9 Å². The molecule has 6 heteroatoms. The fraction of sp³-hybridized carbons (Fsp3) is 0.0400. The Morgan fingerprint density at radius 2 is 1.19 bits per heavy atom. The molecule has 0 unspecified atom stereocenters. The monoisotopic (exact) mass is 431 g/mol. The van der Waals surface area contributed by atoms with Gasteiger partial charge in [-0.2, -0.15) is 0 Å². The molecular weight excluding hydrogens is 409 g/mol. The Morgan fingerprint density at radius 3 is 1.68 bits per heavy atom. The summed E-state index contributed by atoms with van der Waals surface area (Å²) in [6.07, 6.45) is 0. The van der Waals surface area contributed by atoms with Gasteiger partial charge in [0.05, 0.1) is 5.54 Å². The lowest BCUT2D eigenvalue weighted by Gasteiger charge is -2.33. The molecule has 0 aliphatic rings. The maximum absolute atomic E-state index is 11.4. The van der Waals surface area contributed by atoms with Crippen molar-refractivity contribution in [2.75, 3.05) is 0 Å². The minimum Gasteiger partial charge on any atom is -0.404 e. The zero-order valence-corrected chi connectivity index (χ0v) is 17.5. The van der Waals surface area contributed by atoms with Crippen molar-refractivity contribution >= 4 is 7.82 Å². The first-order chi connectivity index (χ1) is 14.9. The molecule has 4 rings (SSSR count). The molecule has 4 aromatic rings. The van der Waals surface area contributed by atoms with E-state index in [1.54, 1.807) is 12.1 Å². The molecule has 0 saturated heterocycles. The largest absolute Gasteiger partial charge is 0.524 e. The van der Waals surface area contributed by atoms with Crippen LogP contribution in [0.3, 0.4) is 0 Å². The van der Waals surface area contributed by atoms with Gasteiger partial charge in [-0.05, 0) is 39.9 Å². The van der Waals surface area contributed by atoms with Crippen molar-refractivity contribution in [3.63, 3.8) is 0 Å². The molecule has 0 aliphatic heterocycles. The summed E-state index contributed by atoms with van der Waals surface area (Å²) in [5.74, 6) is 0.0689. The van der Waals surface area contributed by atoms with Crippen molar-refractivity contribution in [2.45, 2.75) is 5.54 Å². The van der Waals surface area contributed by atoms with Crippen molar-refractivity contribution < 1.29 is 18.9 Å². The zero-order chi connectivity index (χ0) is 21.9. The van der Waals surface area contributed by atoms with Crippen LogP contribution in [-0.2, 0) is 10.1 Å². The molecule has 4 aromatic carbocycles.